The van der Waals surface area contributed by atoms with Crippen molar-refractivity contribution in [3.63, 3.8) is 0 Å². The first-order chi connectivity index (χ1) is 11.3. The number of fused-ring (bicyclic) bond motifs is 1. The fourth-order valence-corrected chi connectivity index (χ4v) is 5.23. The lowest BCUT2D eigenvalue weighted by Crippen LogP contribution is -2.56. The maximum Gasteiger partial charge on any atom is 0.233 e. The van der Waals surface area contributed by atoms with Gasteiger partial charge >= 0.3 is 0 Å². The fraction of sp³-hybridized carbons (Fsp3) is 0.650. The molecule has 3 unspecified atom stereocenters. The van der Waals surface area contributed by atoms with Crippen LogP contribution in [-0.4, -0.2) is 41.2 Å². The number of piperidine rings is 1. The van der Waals surface area contributed by atoms with E-state index in [4.69, 9.17) is 0 Å². The first kappa shape index (κ1) is 17.8. The first-order valence-corrected chi connectivity index (χ1v) is 10.0. The van der Waals surface area contributed by atoms with Gasteiger partial charge in [0.1, 0.15) is 0 Å². The average molecular weight is 347 g/mol. The van der Waals surface area contributed by atoms with Crippen LogP contribution in [0.15, 0.2) is 29.2 Å². The molecule has 0 radical (unpaired) electrons. The number of carbonyl (C=O) groups is 1. The van der Waals surface area contributed by atoms with Crippen LogP contribution in [0.4, 0.5) is 0 Å². The van der Waals surface area contributed by atoms with Crippen molar-refractivity contribution in [2.75, 3.05) is 19.6 Å². The molecule has 3 nitrogen and oxygen atoms in total. The third-order valence-electron chi connectivity index (χ3n) is 5.36. The van der Waals surface area contributed by atoms with Crippen LogP contribution in [0.25, 0.3) is 0 Å². The van der Waals surface area contributed by atoms with E-state index in [1.54, 1.807) is 11.8 Å². The summed E-state index contributed by atoms with van der Waals surface area (Å²) in [6, 6.07) is 8.36. The summed E-state index contributed by atoms with van der Waals surface area (Å²) in [5, 5.41) is 3.25. The Hall–Kier alpha value is -1.00. The largest absolute Gasteiger partial charge is 0.353 e. The zero-order valence-electron chi connectivity index (χ0n) is 15.3. The fourth-order valence-electron chi connectivity index (χ4n) is 4.01. The van der Waals surface area contributed by atoms with Crippen LogP contribution < -0.4 is 5.32 Å². The van der Waals surface area contributed by atoms with E-state index in [1.807, 2.05) is 6.07 Å². The molecular formula is C20H30N2OS. The maximum absolute atomic E-state index is 12.6. The number of benzene rings is 1. The number of amides is 1. The molecule has 1 fully saturated rings. The van der Waals surface area contributed by atoms with Crippen molar-refractivity contribution in [2.24, 2.45) is 11.8 Å². The third-order valence-corrected chi connectivity index (χ3v) is 6.68. The highest BCUT2D eigenvalue weighted by molar-refractivity contribution is 8.01. The van der Waals surface area contributed by atoms with E-state index in [-0.39, 0.29) is 16.7 Å². The SMILES string of the molecule is CC1CC(C)CN(C(C)(C)CNC(=O)C2Cc3ccccc3S2)C1. The molecule has 1 N–H and O–H groups in total. The smallest absolute Gasteiger partial charge is 0.233 e. The summed E-state index contributed by atoms with van der Waals surface area (Å²) in [6.07, 6.45) is 2.17. The van der Waals surface area contributed by atoms with Gasteiger partial charge < -0.3 is 5.32 Å². The molecule has 1 saturated heterocycles. The summed E-state index contributed by atoms with van der Waals surface area (Å²) in [4.78, 5) is 16.4. The Balaban J connectivity index is 1.54. The summed E-state index contributed by atoms with van der Waals surface area (Å²) in [7, 11) is 0. The van der Waals surface area contributed by atoms with Gasteiger partial charge in [-0.05, 0) is 50.2 Å². The highest BCUT2D eigenvalue weighted by atomic mass is 32.2. The minimum absolute atomic E-state index is 0.00865. The number of rotatable bonds is 4. The Bertz CT molecular complexity index is 566. The normalized spacial score (nSPS) is 27.8. The predicted molar refractivity (Wildman–Crippen MR) is 101 cm³/mol. The second-order valence-electron chi connectivity index (χ2n) is 8.30. The minimum Gasteiger partial charge on any atom is -0.353 e. The van der Waals surface area contributed by atoms with Crippen molar-refractivity contribution < 1.29 is 4.79 Å². The molecular weight excluding hydrogens is 316 g/mol. The molecule has 0 aliphatic carbocycles. The summed E-state index contributed by atoms with van der Waals surface area (Å²) < 4.78 is 0. The van der Waals surface area contributed by atoms with Gasteiger partial charge in [-0.25, -0.2) is 0 Å². The molecule has 0 saturated carbocycles. The molecule has 1 aromatic rings. The quantitative estimate of drug-likeness (QED) is 0.904. The van der Waals surface area contributed by atoms with Crippen molar-refractivity contribution in [2.45, 2.75) is 56.2 Å². The number of likely N-dealkylation sites (tertiary alicyclic amines) is 1. The molecule has 3 atom stereocenters. The number of hydrogen-bond acceptors (Lipinski definition) is 3. The van der Waals surface area contributed by atoms with Crippen LogP contribution in [0, 0.1) is 11.8 Å². The molecule has 0 bridgehead atoms. The Morgan fingerprint density at radius 3 is 2.58 bits per heavy atom. The number of carbonyl (C=O) groups excluding carboxylic acids is 1. The summed E-state index contributed by atoms with van der Waals surface area (Å²) in [6.45, 7) is 12.2. The Morgan fingerprint density at radius 2 is 1.92 bits per heavy atom. The van der Waals surface area contributed by atoms with E-state index in [9.17, 15) is 4.79 Å². The van der Waals surface area contributed by atoms with Gasteiger partial charge in [-0.2, -0.15) is 0 Å². The van der Waals surface area contributed by atoms with Crippen LogP contribution in [0.2, 0.25) is 0 Å². The molecule has 3 rings (SSSR count). The van der Waals surface area contributed by atoms with E-state index >= 15 is 0 Å². The molecule has 0 spiro atoms. The van der Waals surface area contributed by atoms with Crippen LogP contribution in [0.1, 0.15) is 39.7 Å². The van der Waals surface area contributed by atoms with E-state index in [1.165, 1.54) is 16.9 Å². The van der Waals surface area contributed by atoms with Gasteiger partial charge in [0.15, 0.2) is 0 Å². The van der Waals surface area contributed by atoms with E-state index < -0.39 is 0 Å². The van der Waals surface area contributed by atoms with Crippen molar-refractivity contribution >= 4 is 17.7 Å². The van der Waals surface area contributed by atoms with Crippen molar-refractivity contribution in [3.05, 3.63) is 29.8 Å². The van der Waals surface area contributed by atoms with Crippen molar-refractivity contribution in [3.8, 4) is 0 Å². The summed E-state index contributed by atoms with van der Waals surface area (Å²) in [5.41, 5.74) is 1.31. The summed E-state index contributed by atoms with van der Waals surface area (Å²) >= 11 is 1.71. The van der Waals surface area contributed by atoms with Gasteiger partial charge in [0.05, 0.1) is 5.25 Å². The van der Waals surface area contributed by atoms with Gasteiger partial charge in [0.2, 0.25) is 5.91 Å². The molecule has 1 aromatic carbocycles. The molecule has 2 aliphatic heterocycles. The van der Waals surface area contributed by atoms with Gasteiger partial charge in [-0.3, -0.25) is 9.69 Å². The zero-order chi connectivity index (χ0) is 17.3. The van der Waals surface area contributed by atoms with Gasteiger partial charge in [0, 0.05) is 30.1 Å². The average Bonchev–Trinajstić information content (AvgIpc) is 2.96. The lowest BCUT2D eigenvalue weighted by Gasteiger charge is -2.45. The molecule has 2 heterocycles. The second kappa shape index (κ2) is 7.09. The standard InChI is InChI=1S/C20H30N2OS/c1-14-9-15(2)12-22(11-14)20(3,4)13-21-19(23)18-10-16-7-5-6-8-17(16)24-18/h5-8,14-15,18H,9-13H2,1-4H3,(H,21,23). The molecule has 2 aliphatic rings. The predicted octanol–water partition coefficient (Wildman–Crippen LogP) is 3.58. The van der Waals surface area contributed by atoms with Gasteiger partial charge in [0.25, 0.3) is 0 Å². The third kappa shape index (κ3) is 3.97. The highest BCUT2D eigenvalue weighted by Crippen LogP contribution is 2.36. The molecule has 0 aromatic heterocycles. The van der Waals surface area contributed by atoms with Gasteiger partial charge in [-0.15, -0.1) is 11.8 Å². The second-order valence-corrected chi connectivity index (χ2v) is 9.54. The Morgan fingerprint density at radius 1 is 1.25 bits per heavy atom. The topological polar surface area (TPSA) is 32.3 Å². The monoisotopic (exact) mass is 346 g/mol. The number of nitrogens with zero attached hydrogens (tertiary/aromatic N) is 1. The maximum atomic E-state index is 12.6. The van der Waals surface area contributed by atoms with Crippen LogP contribution >= 0.6 is 11.8 Å². The van der Waals surface area contributed by atoms with Gasteiger partial charge in [-0.1, -0.05) is 32.0 Å². The van der Waals surface area contributed by atoms with Crippen LogP contribution in [0.3, 0.4) is 0 Å². The Labute approximate surface area is 150 Å². The number of thioether (sulfide) groups is 1. The number of hydrogen-bond donors (Lipinski definition) is 1. The van der Waals surface area contributed by atoms with E-state index in [0.29, 0.717) is 0 Å². The molecule has 132 valence electrons. The van der Waals surface area contributed by atoms with Crippen LogP contribution in [0.5, 0.6) is 0 Å². The molecule has 1 amide bonds. The summed E-state index contributed by atoms with van der Waals surface area (Å²) in [5.74, 6) is 1.66. The Kier molecular flexibility index (Phi) is 5.26. The lowest BCUT2D eigenvalue weighted by molar-refractivity contribution is -0.121. The molecule has 4 heteroatoms. The minimum atomic E-state index is 0.00865. The number of nitrogens with one attached hydrogen (secondary N) is 1. The van der Waals surface area contributed by atoms with Crippen molar-refractivity contribution in [1.82, 2.24) is 10.2 Å². The van der Waals surface area contributed by atoms with E-state index in [0.717, 1.165) is 37.9 Å². The van der Waals surface area contributed by atoms with Crippen LogP contribution in [-0.2, 0) is 11.2 Å². The first-order valence-electron chi connectivity index (χ1n) is 9.12. The highest BCUT2D eigenvalue weighted by Gasteiger charge is 2.34. The zero-order valence-corrected chi connectivity index (χ0v) is 16.2. The van der Waals surface area contributed by atoms with E-state index in [2.05, 4.69) is 56.1 Å². The lowest BCUT2D eigenvalue weighted by atomic mass is 9.88. The van der Waals surface area contributed by atoms with Crippen molar-refractivity contribution in [1.29, 1.82) is 0 Å². The molecule has 24 heavy (non-hydrogen) atoms.